The molecule has 0 amide bonds. The van der Waals surface area contributed by atoms with Crippen molar-refractivity contribution >= 4 is 5.82 Å². The Morgan fingerprint density at radius 1 is 1.25 bits per heavy atom. The molecule has 1 saturated carbocycles. The highest BCUT2D eigenvalue weighted by molar-refractivity contribution is 5.67. The minimum atomic E-state index is -4.55. The van der Waals surface area contributed by atoms with Gasteiger partial charge in [0.25, 0.3) is 0 Å². The van der Waals surface area contributed by atoms with Gasteiger partial charge in [0.05, 0.1) is 25.0 Å². The molecule has 2 aromatic heterocycles. The molecular weight excluding hydrogens is 471 g/mol. The van der Waals surface area contributed by atoms with Gasteiger partial charge in [0.15, 0.2) is 11.6 Å². The van der Waals surface area contributed by atoms with Gasteiger partial charge in [-0.15, -0.1) is 10.2 Å². The fourth-order valence-electron chi connectivity index (χ4n) is 5.81. The van der Waals surface area contributed by atoms with Gasteiger partial charge in [0, 0.05) is 59.0 Å². The molecule has 0 aromatic carbocycles. The third-order valence-electron chi connectivity index (χ3n) is 7.78. The summed E-state index contributed by atoms with van der Waals surface area (Å²) in [5.74, 6) is 1.31. The molecule has 0 spiro atoms. The maximum Gasteiger partial charge on any atom is 0.417 e. The Kier molecular flexibility index (Phi) is 6.17. The lowest BCUT2D eigenvalue weighted by Gasteiger charge is -2.40. The number of aromatic nitrogens is 3. The van der Waals surface area contributed by atoms with E-state index < -0.39 is 18.2 Å². The zero-order chi connectivity index (χ0) is 27.3. The maximum atomic E-state index is 13.5. The molecule has 4 atom stereocenters. The lowest BCUT2D eigenvalue weighted by atomic mass is 9.76. The maximum absolute atomic E-state index is 13.5. The van der Waals surface area contributed by atoms with Crippen molar-refractivity contribution in [1.82, 2.24) is 20.1 Å². The molecule has 2 unspecified atom stereocenters. The molecule has 3 fully saturated rings. The molecule has 5 rings (SSSR count). The van der Waals surface area contributed by atoms with Crippen molar-refractivity contribution < 1.29 is 25.4 Å². The van der Waals surface area contributed by atoms with Gasteiger partial charge in [0.1, 0.15) is 0 Å². The van der Waals surface area contributed by atoms with Crippen LogP contribution in [0.1, 0.15) is 41.4 Å². The van der Waals surface area contributed by atoms with E-state index in [2.05, 4.69) is 34.3 Å². The summed E-state index contributed by atoms with van der Waals surface area (Å²) in [5, 5.41) is 11.6. The molecule has 10 heteroatoms. The van der Waals surface area contributed by atoms with Gasteiger partial charge in [-0.2, -0.15) is 13.2 Å². The number of methoxy groups -OCH3 is 1. The number of anilines is 1. The highest BCUT2D eigenvalue weighted by atomic mass is 19.4. The van der Waals surface area contributed by atoms with Crippen LogP contribution in [0.25, 0.3) is 11.3 Å². The quantitative estimate of drug-likeness (QED) is 0.605. The summed E-state index contributed by atoms with van der Waals surface area (Å²) in [6.07, 6.45) is 0.0950. The van der Waals surface area contributed by atoms with E-state index in [-0.39, 0.29) is 28.6 Å². The van der Waals surface area contributed by atoms with Crippen molar-refractivity contribution in [2.24, 2.45) is 23.2 Å². The Hall–Kier alpha value is -2.46. The summed E-state index contributed by atoms with van der Waals surface area (Å²) in [7, 11) is 1.45. The molecule has 7 nitrogen and oxygen atoms in total. The Morgan fingerprint density at radius 3 is 2.67 bits per heavy atom. The van der Waals surface area contributed by atoms with Crippen molar-refractivity contribution in [2.75, 3.05) is 45.2 Å². The molecule has 196 valence electrons. The molecule has 2 aromatic rings. The molecule has 36 heavy (non-hydrogen) atoms. The van der Waals surface area contributed by atoms with Crippen LogP contribution >= 0.6 is 0 Å². The SMILES string of the molecule is [2H]C([2H])(C1CCOCC1(C)C)N1C[C@H]2CC(Nc3nnc(-c4cnccc4C(F)(F)F)cc3OC)C[C@H]2C1. The molecule has 1 N–H and O–H groups in total. The first-order valence-corrected chi connectivity index (χ1v) is 12.4. The van der Waals surface area contributed by atoms with Gasteiger partial charge in [-0.1, -0.05) is 13.8 Å². The Morgan fingerprint density at radius 2 is 2.00 bits per heavy atom. The second kappa shape index (κ2) is 9.78. The summed E-state index contributed by atoms with van der Waals surface area (Å²) in [6.45, 7) is 5.35. The first-order valence-electron chi connectivity index (χ1n) is 13.4. The van der Waals surface area contributed by atoms with Crippen LogP contribution in [0.15, 0.2) is 24.5 Å². The monoisotopic (exact) mass is 507 g/mol. The van der Waals surface area contributed by atoms with Crippen LogP contribution in [-0.4, -0.2) is 66.0 Å². The van der Waals surface area contributed by atoms with Crippen LogP contribution < -0.4 is 10.1 Å². The van der Waals surface area contributed by atoms with Gasteiger partial charge in [-0.25, -0.2) is 0 Å². The molecule has 0 bridgehead atoms. The molecule has 4 heterocycles. The fourth-order valence-corrected chi connectivity index (χ4v) is 5.81. The van der Waals surface area contributed by atoms with E-state index in [4.69, 9.17) is 12.2 Å². The Labute approximate surface area is 212 Å². The van der Waals surface area contributed by atoms with E-state index in [1.807, 2.05) is 4.90 Å². The normalized spacial score (nSPS) is 29.4. The lowest BCUT2D eigenvalue weighted by Crippen LogP contribution is -2.42. The van der Waals surface area contributed by atoms with Crippen LogP contribution in [0.4, 0.5) is 19.0 Å². The number of hydrogen-bond donors (Lipinski definition) is 1. The van der Waals surface area contributed by atoms with Crippen molar-refractivity contribution in [3.05, 3.63) is 30.1 Å². The van der Waals surface area contributed by atoms with Gasteiger partial charge >= 0.3 is 6.18 Å². The first kappa shape index (κ1) is 22.7. The number of nitrogens with one attached hydrogen (secondary N) is 1. The predicted molar refractivity (Wildman–Crippen MR) is 130 cm³/mol. The van der Waals surface area contributed by atoms with Crippen molar-refractivity contribution in [2.45, 2.75) is 45.3 Å². The van der Waals surface area contributed by atoms with Crippen LogP contribution in [0, 0.1) is 23.2 Å². The molecule has 1 aliphatic carbocycles. The van der Waals surface area contributed by atoms with E-state index in [0.717, 1.165) is 31.3 Å². The molecular formula is C26H34F3N5O2. The number of fused-ring (bicyclic) bond motifs is 1. The van der Waals surface area contributed by atoms with E-state index in [1.165, 1.54) is 13.2 Å². The van der Waals surface area contributed by atoms with E-state index in [1.54, 1.807) is 0 Å². The average molecular weight is 508 g/mol. The second-order valence-electron chi connectivity index (χ2n) is 10.8. The highest BCUT2D eigenvalue weighted by Gasteiger charge is 2.43. The summed E-state index contributed by atoms with van der Waals surface area (Å²) in [6, 6.07) is 2.46. The number of ether oxygens (including phenoxy) is 2. The zero-order valence-corrected chi connectivity index (χ0v) is 20.8. The fraction of sp³-hybridized carbons (Fsp3) is 0.654. The summed E-state index contributed by atoms with van der Waals surface area (Å²) in [4.78, 5) is 5.85. The van der Waals surface area contributed by atoms with E-state index in [9.17, 15) is 13.2 Å². The number of alkyl halides is 3. The Balaban J connectivity index is 1.26. The predicted octanol–water partition coefficient (Wildman–Crippen LogP) is 4.75. The van der Waals surface area contributed by atoms with Crippen LogP contribution in [0.2, 0.25) is 0 Å². The highest BCUT2D eigenvalue weighted by Crippen LogP contribution is 2.42. The van der Waals surface area contributed by atoms with E-state index >= 15 is 0 Å². The van der Waals surface area contributed by atoms with Crippen molar-refractivity contribution in [3.8, 4) is 17.0 Å². The van der Waals surface area contributed by atoms with Gasteiger partial charge in [-0.05, 0) is 48.5 Å². The number of nitrogens with zero attached hydrogens (tertiary/aromatic N) is 4. The molecule has 0 radical (unpaired) electrons. The van der Waals surface area contributed by atoms with Crippen LogP contribution in [-0.2, 0) is 10.9 Å². The third kappa shape index (κ3) is 5.16. The van der Waals surface area contributed by atoms with Crippen LogP contribution in [0.5, 0.6) is 5.75 Å². The van der Waals surface area contributed by atoms with E-state index in [0.29, 0.717) is 56.1 Å². The minimum Gasteiger partial charge on any atom is -0.493 e. The number of rotatable bonds is 6. The lowest BCUT2D eigenvalue weighted by molar-refractivity contribution is -0.137. The smallest absolute Gasteiger partial charge is 0.417 e. The third-order valence-corrected chi connectivity index (χ3v) is 7.78. The van der Waals surface area contributed by atoms with Gasteiger partial charge < -0.3 is 19.7 Å². The minimum absolute atomic E-state index is 0.0324. The molecule has 3 aliphatic rings. The number of hydrogen-bond acceptors (Lipinski definition) is 7. The summed E-state index contributed by atoms with van der Waals surface area (Å²) in [5.41, 5.74) is -1.18. The molecule has 2 aliphatic heterocycles. The zero-order valence-electron chi connectivity index (χ0n) is 22.8. The van der Waals surface area contributed by atoms with Gasteiger partial charge in [-0.3, -0.25) is 4.98 Å². The topological polar surface area (TPSA) is 72.4 Å². The van der Waals surface area contributed by atoms with Gasteiger partial charge in [0.2, 0.25) is 0 Å². The number of pyridine rings is 1. The largest absolute Gasteiger partial charge is 0.493 e. The molecule has 2 saturated heterocycles. The first-order chi connectivity index (χ1) is 17.9. The number of halogens is 3. The van der Waals surface area contributed by atoms with Crippen molar-refractivity contribution in [1.29, 1.82) is 0 Å². The second-order valence-corrected chi connectivity index (χ2v) is 10.8. The standard InChI is InChI=1S/C26H34F3N5O2/c1-25(2)15-36-7-5-18(25)14-34-12-16-8-19(9-17(16)13-34)31-24-23(35-3)10-22(32-33-24)20-11-30-6-4-21(20)26(27,28)29/h4,6,10-11,16-19H,5,7-9,12-15H2,1-3H3,(H,31,33)/t16-,17+,18?,19?/i14D2. The summed E-state index contributed by atoms with van der Waals surface area (Å²) < 4.78 is 69.5. The average Bonchev–Trinajstić information content (AvgIpc) is 3.43. The Bertz CT molecular complexity index is 1150. The number of likely N-dealkylation sites (tertiary alicyclic amines) is 1. The van der Waals surface area contributed by atoms with Crippen LogP contribution in [0.3, 0.4) is 0 Å². The summed E-state index contributed by atoms with van der Waals surface area (Å²) >= 11 is 0. The van der Waals surface area contributed by atoms with Crippen molar-refractivity contribution in [3.63, 3.8) is 0 Å².